The summed E-state index contributed by atoms with van der Waals surface area (Å²) in [7, 11) is 0. The molecule has 0 heterocycles. The maximum absolute atomic E-state index is 10.6. The minimum atomic E-state index is -0.827. The first-order valence-electron chi connectivity index (χ1n) is 5.02. The lowest BCUT2D eigenvalue weighted by atomic mass is 9.90. The number of oxime groups is 1. The number of carbonyl (C=O) groups is 1. The molecule has 1 aromatic rings. The van der Waals surface area contributed by atoms with Crippen LogP contribution in [0.5, 0.6) is 5.75 Å². The lowest BCUT2D eigenvalue weighted by Gasteiger charge is -2.17. The van der Waals surface area contributed by atoms with Gasteiger partial charge < -0.3 is 15.7 Å². The SMILES string of the molecule is NC(=O)Oc1ccc2c(c1)CCCC2=NO. The van der Waals surface area contributed by atoms with Crippen molar-refractivity contribution >= 4 is 11.8 Å². The molecule has 1 aliphatic carbocycles. The summed E-state index contributed by atoms with van der Waals surface area (Å²) in [6.45, 7) is 0. The molecular weight excluding hydrogens is 208 g/mol. The Labute approximate surface area is 92.5 Å². The zero-order valence-corrected chi connectivity index (χ0v) is 8.64. The van der Waals surface area contributed by atoms with Crippen LogP contribution in [-0.4, -0.2) is 17.0 Å². The van der Waals surface area contributed by atoms with Crippen LogP contribution in [-0.2, 0) is 6.42 Å². The maximum atomic E-state index is 10.6. The van der Waals surface area contributed by atoms with E-state index in [1.807, 2.05) is 0 Å². The zero-order valence-electron chi connectivity index (χ0n) is 8.64. The molecule has 5 heteroatoms. The molecule has 0 aromatic heterocycles. The van der Waals surface area contributed by atoms with E-state index in [4.69, 9.17) is 15.7 Å². The van der Waals surface area contributed by atoms with Crippen LogP contribution in [0.3, 0.4) is 0 Å². The summed E-state index contributed by atoms with van der Waals surface area (Å²) in [6, 6.07) is 5.17. The van der Waals surface area contributed by atoms with E-state index in [9.17, 15) is 4.79 Å². The van der Waals surface area contributed by atoms with Crippen molar-refractivity contribution in [2.45, 2.75) is 19.3 Å². The standard InChI is InChI=1S/C11H12N2O3/c12-11(14)16-8-4-5-9-7(6-8)2-1-3-10(9)13-15/h4-6,15H,1-3H2,(H2,12,14). The van der Waals surface area contributed by atoms with E-state index < -0.39 is 6.09 Å². The number of aryl methyl sites for hydroxylation is 1. The maximum Gasteiger partial charge on any atom is 0.409 e. The fourth-order valence-corrected chi connectivity index (χ4v) is 1.92. The van der Waals surface area contributed by atoms with Gasteiger partial charge in [0.1, 0.15) is 5.75 Å². The van der Waals surface area contributed by atoms with Crippen molar-refractivity contribution in [1.82, 2.24) is 0 Å². The van der Waals surface area contributed by atoms with Crippen LogP contribution in [0.15, 0.2) is 23.4 Å². The lowest BCUT2D eigenvalue weighted by molar-refractivity contribution is 0.211. The van der Waals surface area contributed by atoms with Gasteiger partial charge in [0.15, 0.2) is 0 Å². The fourth-order valence-electron chi connectivity index (χ4n) is 1.92. The van der Waals surface area contributed by atoms with E-state index in [-0.39, 0.29) is 0 Å². The van der Waals surface area contributed by atoms with Gasteiger partial charge in [-0.2, -0.15) is 0 Å². The monoisotopic (exact) mass is 220 g/mol. The molecule has 84 valence electrons. The number of amides is 1. The van der Waals surface area contributed by atoms with E-state index >= 15 is 0 Å². The molecule has 0 unspecified atom stereocenters. The third kappa shape index (κ3) is 1.98. The van der Waals surface area contributed by atoms with Gasteiger partial charge in [-0.1, -0.05) is 5.16 Å². The summed E-state index contributed by atoms with van der Waals surface area (Å²) >= 11 is 0. The number of benzene rings is 1. The smallest absolute Gasteiger partial charge is 0.409 e. The first kappa shape index (κ1) is 10.5. The van der Waals surface area contributed by atoms with Gasteiger partial charge in [-0.05, 0) is 43.0 Å². The molecule has 1 amide bonds. The van der Waals surface area contributed by atoms with E-state index in [1.54, 1.807) is 18.2 Å². The molecule has 1 aromatic carbocycles. The van der Waals surface area contributed by atoms with Crippen molar-refractivity contribution in [3.63, 3.8) is 0 Å². The third-order valence-corrected chi connectivity index (χ3v) is 2.59. The van der Waals surface area contributed by atoms with E-state index in [0.717, 1.165) is 30.4 Å². The fraction of sp³-hybridized carbons (Fsp3) is 0.273. The second-order valence-corrected chi connectivity index (χ2v) is 3.64. The van der Waals surface area contributed by atoms with Gasteiger partial charge in [0, 0.05) is 5.56 Å². The quantitative estimate of drug-likeness (QED) is 0.557. The Hall–Kier alpha value is -2.04. The molecule has 0 saturated heterocycles. The van der Waals surface area contributed by atoms with Gasteiger partial charge in [0.25, 0.3) is 0 Å². The highest BCUT2D eigenvalue weighted by Gasteiger charge is 2.16. The predicted octanol–water partition coefficient (Wildman–Crippen LogP) is 1.66. The summed E-state index contributed by atoms with van der Waals surface area (Å²) in [5.74, 6) is 0.422. The number of carbonyl (C=O) groups excluding carboxylic acids is 1. The topological polar surface area (TPSA) is 84.9 Å². The number of hydrogen-bond acceptors (Lipinski definition) is 4. The first-order chi connectivity index (χ1) is 7.70. The molecule has 0 radical (unpaired) electrons. The summed E-state index contributed by atoms with van der Waals surface area (Å²) in [6.07, 6.45) is 1.74. The van der Waals surface area contributed by atoms with Crippen LogP contribution >= 0.6 is 0 Å². The summed E-state index contributed by atoms with van der Waals surface area (Å²) < 4.78 is 4.79. The Bertz CT molecular complexity index is 455. The minimum absolute atomic E-state index is 0.422. The number of nitrogens with zero attached hydrogens (tertiary/aromatic N) is 1. The van der Waals surface area contributed by atoms with E-state index in [2.05, 4.69) is 5.16 Å². The van der Waals surface area contributed by atoms with Gasteiger partial charge in [0.2, 0.25) is 0 Å². The van der Waals surface area contributed by atoms with Crippen LogP contribution in [0, 0.1) is 0 Å². The number of fused-ring (bicyclic) bond motifs is 1. The summed E-state index contributed by atoms with van der Waals surface area (Å²) in [5.41, 5.74) is 7.52. The molecule has 5 nitrogen and oxygen atoms in total. The first-order valence-corrected chi connectivity index (χ1v) is 5.02. The van der Waals surface area contributed by atoms with Gasteiger partial charge in [-0.25, -0.2) is 4.79 Å². The second-order valence-electron chi connectivity index (χ2n) is 3.64. The normalized spacial score (nSPS) is 16.9. The second kappa shape index (κ2) is 4.22. The van der Waals surface area contributed by atoms with Crippen molar-refractivity contribution in [3.05, 3.63) is 29.3 Å². The molecule has 16 heavy (non-hydrogen) atoms. The average Bonchev–Trinajstić information content (AvgIpc) is 2.27. The third-order valence-electron chi connectivity index (χ3n) is 2.59. The van der Waals surface area contributed by atoms with Crippen LogP contribution in [0.25, 0.3) is 0 Å². The molecule has 0 fully saturated rings. The van der Waals surface area contributed by atoms with Crippen molar-refractivity contribution in [2.24, 2.45) is 10.9 Å². The number of nitrogens with two attached hydrogens (primary N) is 1. The highest BCUT2D eigenvalue weighted by atomic mass is 16.5. The Morgan fingerprint density at radius 3 is 2.94 bits per heavy atom. The Kier molecular flexibility index (Phi) is 2.76. The summed E-state index contributed by atoms with van der Waals surface area (Å²) in [5, 5.41) is 12.1. The molecule has 0 aliphatic heterocycles. The molecule has 0 bridgehead atoms. The van der Waals surface area contributed by atoms with Crippen molar-refractivity contribution in [3.8, 4) is 5.75 Å². The Balaban J connectivity index is 2.35. The Morgan fingerprint density at radius 1 is 1.44 bits per heavy atom. The average molecular weight is 220 g/mol. The molecule has 1 aliphatic rings. The predicted molar refractivity (Wildman–Crippen MR) is 57.9 cm³/mol. The molecule has 0 atom stereocenters. The Morgan fingerprint density at radius 2 is 2.25 bits per heavy atom. The lowest BCUT2D eigenvalue weighted by Crippen LogP contribution is -2.17. The number of primary amides is 1. The summed E-state index contributed by atoms with van der Waals surface area (Å²) in [4.78, 5) is 10.6. The van der Waals surface area contributed by atoms with Crippen LogP contribution in [0.4, 0.5) is 4.79 Å². The zero-order chi connectivity index (χ0) is 11.5. The van der Waals surface area contributed by atoms with Crippen molar-refractivity contribution in [2.75, 3.05) is 0 Å². The van der Waals surface area contributed by atoms with Gasteiger partial charge >= 0.3 is 6.09 Å². The van der Waals surface area contributed by atoms with Crippen LogP contribution in [0.1, 0.15) is 24.0 Å². The van der Waals surface area contributed by atoms with E-state index in [1.165, 1.54) is 0 Å². The molecule has 0 saturated carbocycles. The molecule has 0 spiro atoms. The van der Waals surface area contributed by atoms with Crippen molar-refractivity contribution < 1.29 is 14.7 Å². The molecular formula is C11H12N2O3. The largest absolute Gasteiger partial charge is 0.411 e. The van der Waals surface area contributed by atoms with Gasteiger partial charge in [0.05, 0.1) is 5.71 Å². The van der Waals surface area contributed by atoms with Gasteiger partial charge in [-0.3, -0.25) is 0 Å². The van der Waals surface area contributed by atoms with Crippen LogP contribution in [0.2, 0.25) is 0 Å². The van der Waals surface area contributed by atoms with Crippen LogP contribution < -0.4 is 10.5 Å². The van der Waals surface area contributed by atoms with Gasteiger partial charge in [-0.15, -0.1) is 0 Å². The number of rotatable bonds is 1. The molecule has 3 N–H and O–H groups in total. The molecule has 2 rings (SSSR count). The highest BCUT2D eigenvalue weighted by Crippen LogP contribution is 2.25. The minimum Gasteiger partial charge on any atom is -0.411 e. The number of ether oxygens (including phenoxy) is 1. The van der Waals surface area contributed by atoms with E-state index in [0.29, 0.717) is 11.5 Å². The highest BCUT2D eigenvalue weighted by molar-refractivity contribution is 6.02. The van der Waals surface area contributed by atoms with Crippen molar-refractivity contribution in [1.29, 1.82) is 0 Å². The number of hydrogen-bond donors (Lipinski definition) is 2.